The number of Topliss-reactive ketones (excluding diaryl/α,β-unsaturated/α-hetero) is 1. The Bertz CT molecular complexity index is 1310. The Hall–Kier alpha value is -4.59. The van der Waals surface area contributed by atoms with Gasteiger partial charge in [0.2, 0.25) is 11.7 Å². The van der Waals surface area contributed by atoms with Crippen LogP contribution in [0, 0.1) is 0 Å². The Morgan fingerprint density at radius 3 is 2.51 bits per heavy atom. The number of allylic oxidation sites excluding steroid dienone is 2. The minimum absolute atomic E-state index is 0.0907. The summed E-state index contributed by atoms with van der Waals surface area (Å²) in [5, 5.41) is 9.73. The number of carbonyl (C=O) groups is 5. The maximum atomic E-state index is 13.0. The zero-order chi connectivity index (χ0) is 27.5. The molecule has 0 saturated carbocycles. The number of amides is 4. The largest absolute Gasteiger partial charge is 0.375 e. The number of ketones is 1. The van der Waals surface area contributed by atoms with Gasteiger partial charge in [0.25, 0.3) is 23.3 Å². The molecule has 0 radical (unpaired) electrons. The lowest BCUT2D eigenvalue weighted by Gasteiger charge is -2.12. The maximum absolute atomic E-state index is 13.0. The van der Waals surface area contributed by atoms with Crippen LogP contribution in [0.4, 0.5) is 10.8 Å². The number of nitrogens with zero attached hydrogens (tertiary/aromatic N) is 2. The van der Waals surface area contributed by atoms with Crippen molar-refractivity contribution in [1.29, 1.82) is 0 Å². The normalized spacial score (nSPS) is 10.8. The number of pyridine rings is 1. The molecular weight excluding hydrogens is 502 g/mol. The first kappa shape index (κ1) is 28.6. The number of nitrogen functional groups attached to an aromatic ring is 1. The van der Waals surface area contributed by atoms with Crippen molar-refractivity contribution < 1.29 is 24.0 Å². The molecule has 0 saturated heterocycles. The minimum atomic E-state index is -0.937. The van der Waals surface area contributed by atoms with E-state index in [0.29, 0.717) is 12.1 Å². The van der Waals surface area contributed by atoms with Gasteiger partial charge in [-0.25, -0.2) is 4.98 Å². The van der Waals surface area contributed by atoms with E-state index in [1.165, 1.54) is 24.5 Å². The van der Waals surface area contributed by atoms with Gasteiger partial charge < -0.3 is 31.6 Å². The van der Waals surface area contributed by atoms with Crippen LogP contribution in [-0.2, 0) is 25.7 Å². The molecule has 2 rings (SSSR count). The molecule has 0 aliphatic heterocycles. The average Bonchev–Trinajstić information content (AvgIpc) is 3.30. The molecule has 0 atom stereocenters. The van der Waals surface area contributed by atoms with Gasteiger partial charge in [-0.15, -0.1) is 0 Å². The fraction of sp³-hybridized carbons (Fsp3) is 0.261. The second kappa shape index (κ2) is 13.5. The summed E-state index contributed by atoms with van der Waals surface area (Å²) in [4.78, 5) is 78.1. The molecule has 0 unspecified atom stereocenters. The lowest BCUT2D eigenvalue weighted by molar-refractivity contribution is -0.137. The van der Waals surface area contributed by atoms with Crippen LogP contribution in [0.15, 0.2) is 53.4 Å². The monoisotopic (exact) mass is 529 g/mol. The predicted molar refractivity (Wildman–Crippen MR) is 137 cm³/mol. The van der Waals surface area contributed by atoms with Crippen molar-refractivity contribution in [1.82, 2.24) is 25.5 Å². The van der Waals surface area contributed by atoms with Crippen LogP contribution in [0.1, 0.15) is 36.4 Å². The van der Waals surface area contributed by atoms with E-state index in [4.69, 9.17) is 5.73 Å². The molecule has 4 amide bonds. The second-order valence-electron chi connectivity index (χ2n) is 7.44. The molecule has 0 aromatic carbocycles. The molecule has 2 aromatic rings. The number of anilines is 2. The lowest BCUT2D eigenvalue weighted by atomic mass is 10.2. The summed E-state index contributed by atoms with van der Waals surface area (Å²) < 4.78 is 1.08. The first-order valence-corrected chi connectivity index (χ1v) is 11.9. The third kappa shape index (κ3) is 8.54. The molecule has 0 aliphatic rings. The van der Waals surface area contributed by atoms with Gasteiger partial charge in [-0.1, -0.05) is 24.8 Å². The van der Waals surface area contributed by atoms with E-state index in [1.807, 2.05) is 6.92 Å². The zero-order valence-electron chi connectivity index (χ0n) is 20.3. The summed E-state index contributed by atoms with van der Waals surface area (Å²) in [6, 6.07) is 2.75. The molecule has 0 spiro atoms. The van der Waals surface area contributed by atoms with Crippen molar-refractivity contribution in [3.05, 3.63) is 63.8 Å². The van der Waals surface area contributed by atoms with Crippen molar-refractivity contribution in [2.75, 3.05) is 17.6 Å². The van der Waals surface area contributed by atoms with Gasteiger partial charge in [-0.3, -0.25) is 28.8 Å². The van der Waals surface area contributed by atoms with E-state index < -0.39 is 41.4 Å². The summed E-state index contributed by atoms with van der Waals surface area (Å²) >= 11 is 0.872. The van der Waals surface area contributed by atoms with E-state index in [9.17, 15) is 28.8 Å². The van der Waals surface area contributed by atoms with Gasteiger partial charge in [-0.2, -0.15) is 0 Å². The van der Waals surface area contributed by atoms with Crippen LogP contribution in [0.3, 0.4) is 0 Å². The Balaban J connectivity index is 2.26. The van der Waals surface area contributed by atoms with Gasteiger partial charge in [0.05, 0.1) is 6.20 Å². The number of thiazole rings is 1. The molecule has 13 nitrogen and oxygen atoms in total. The lowest BCUT2D eigenvalue weighted by Crippen LogP contribution is -2.35. The summed E-state index contributed by atoms with van der Waals surface area (Å²) in [6.07, 6.45) is 3.65. The van der Waals surface area contributed by atoms with Gasteiger partial charge >= 0.3 is 0 Å². The number of hydrogen-bond acceptors (Lipinski definition) is 9. The van der Waals surface area contributed by atoms with E-state index >= 15 is 0 Å². The number of carbonyl (C=O) groups excluding carboxylic acids is 5. The number of nitrogens with two attached hydrogens (primary N) is 1. The first-order chi connectivity index (χ1) is 17.5. The highest BCUT2D eigenvalue weighted by Crippen LogP contribution is 2.15. The fourth-order valence-corrected chi connectivity index (χ4v) is 3.33. The van der Waals surface area contributed by atoms with Crippen LogP contribution in [0.25, 0.3) is 0 Å². The van der Waals surface area contributed by atoms with Gasteiger partial charge in [0.15, 0.2) is 5.13 Å². The van der Waals surface area contributed by atoms with Gasteiger partial charge in [-0.05, 0) is 31.6 Å². The number of aromatic nitrogens is 2. The molecule has 6 N–H and O–H groups in total. The van der Waals surface area contributed by atoms with E-state index in [1.54, 1.807) is 6.92 Å². The minimum Gasteiger partial charge on any atom is -0.375 e. The van der Waals surface area contributed by atoms with E-state index in [2.05, 4.69) is 32.8 Å². The number of nitrogens with one attached hydrogen (secondary N) is 4. The SMILES string of the molecule is C=C(CC)NC(=O)Cn1cccc(NC(=O)/C(=C\CC(=O)C(=O)NCC)NC(=O)c2cnc(N)s2)c1=O. The highest BCUT2D eigenvalue weighted by atomic mass is 32.1. The molecule has 37 heavy (non-hydrogen) atoms. The van der Waals surface area contributed by atoms with Crippen LogP contribution < -0.4 is 32.6 Å². The second-order valence-corrected chi connectivity index (χ2v) is 8.50. The summed E-state index contributed by atoms with van der Waals surface area (Å²) in [6.45, 7) is 7.03. The average molecular weight is 530 g/mol. The van der Waals surface area contributed by atoms with Crippen molar-refractivity contribution in [3.8, 4) is 0 Å². The molecule has 2 aromatic heterocycles. The van der Waals surface area contributed by atoms with E-state index in [-0.39, 0.29) is 34.5 Å². The Kier molecular flexibility index (Phi) is 10.4. The van der Waals surface area contributed by atoms with Crippen molar-refractivity contribution in [2.24, 2.45) is 0 Å². The summed E-state index contributed by atoms with van der Waals surface area (Å²) in [5.41, 5.74) is 4.76. The fourth-order valence-electron chi connectivity index (χ4n) is 2.75. The molecule has 0 aliphatic carbocycles. The van der Waals surface area contributed by atoms with Gasteiger partial charge in [0.1, 0.15) is 22.8 Å². The van der Waals surface area contributed by atoms with Crippen LogP contribution in [0.2, 0.25) is 0 Å². The predicted octanol–water partition coefficient (Wildman–Crippen LogP) is 0.275. The highest BCUT2D eigenvalue weighted by molar-refractivity contribution is 7.17. The topological polar surface area (TPSA) is 194 Å². The first-order valence-electron chi connectivity index (χ1n) is 11.1. The zero-order valence-corrected chi connectivity index (χ0v) is 21.1. The van der Waals surface area contributed by atoms with Crippen LogP contribution >= 0.6 is 11.3 Å². The van der Waals surface area contributed by atoms with Crippen molar-refractivity contribution >= 4 is 51.6 Å². The quantitative estimate of drug-likeness (QED) is 0.191. The summed E-state index contributed by atoms with van der Waals surface area (Å²) in [7, 11) is 0. The molecule has 14 heteroatoms. The smallest absolute Gasteiger partial charge is 0.287 e. The third-order valence-electron chi connectivity index (χ3n) is 4.65. The molecule has 196 valence electrons. The van der Waals surface area contributed by atoms with Crippen molar-refractivity contribution in [3.63, 3.8) is 0 Å². The summed E-state index contributed by atoms with van der Waals surface area (Å²) in [5.74, 6) is -3.84. The molecule has 2 heterocycles. The number of likely N-dealkylation sites (N-methyl/N-ethyl adjacent to an activating group) is 1. The Morgan fingerprint density at radius 1 is 1.16 bits per heavy atom. The van der Waals surface area contributed by atoms with Crippen LogP contribution in [-0.4, -0.2) is 45.5 Å². The standard InChI is InChI=1S/C23H27N7O6S/c1-4-13(3)27-18(32)12-30-10-6-7-15(22(30)36)29-19(33)14(8-9-16(31)20(34)25-5-2)28-21(35)17-11-26-23(24)37-17/h6-8,10-11H,3-5,9,12H2,1-2H3,(H2,24,26)(H,25,34)(H,27,32)(H,28,35)(H,29,33)/b14-8+. The van der Waals surface area contributed by atoms with E-state index in [0.717, 1.165) is 22.0 Å². The molecular formula is C23H27N7O6S. The van der Waals surface area contributed by atoms with Crippen LogP contribution in [0.5, 0.6) is 0 Å². The molecule has 0 bridgehead atoms. The highest BCUT2D eigenvalue weighted by Gasteiger charge is 2.20. The maximum Gasteiger partial charge on any atom is 0.287 e. The Labute approximate surface area is 215 Å². The van der Waals surface area contributed by atoms with Crippen molar-refractivity contribution in [2.45, 2.75) is 33.2 Å². The number of hydrogen-bond donors (Lipinski definition) is 5. The van der Waals surface area contributed by atoms with Gasteiger partial charge in [0, 0.05) is 24.9 Å². The number of rotatable bonds is 12. The third-order valence-corrected chi connectivity index (χ3v) is 5.47. The Morgan fingerprint density at radius 2 is 1.89 bits per heavy atom. The molecule has 0 fully saturated rings.